The Bertz CT molecular complexity index is 177. The predicted octanol–water partition coefficient (Wildman–Crippen LogP) is -0.543. The van der Waals surface area contributed by atoms with E-state index in [4.69, 9.17) is 4.74 Å². The van der Waals surface area contributed by atoms with Crippen LogP contribution in [0.25, 0.3) is 0 Å². The lowest BCUT2D eigenvalue weighted by Crippen LogP contribution is -2.65. The van der Waals surface area contributed by atoms with E-state index in [9.17, 15) is 4.79 Å². The van der Waals surface area contributed by atoms with Gasteiger partial charge in [0.15, 0.2) is 5.60 Å². The summed E-state index contributed by atoms with van der Waals surface area (Å²) in [5.41, 5.74) is -0.225. The monoisotopic (exact) mass is 142 g/mol. The van der Waals surface area contributed by atoms with Gasteiger partial charge in [0.2, 0.25) is 0 Å². The molecule has 1 amide bonds. The smallest absolute Gasteiger partial charge is 0.408 e. The highest BCUT2D eigenvalue weighted by molar-refractivity contribution is 5.71. The van der Waals surface area contributed by atoms with E-state index in [-0.39, 0.29) is 17.7 Å². The van der Waals surface area contributed by atoms with E-state index in [0.717, 1.165) is 13.1 Å². The van der Waals surface area contributed by atoms with Crippen molar-refractivity contribution < 1.29 is 9.53 Å². The summed E-state index contributed by atoms with van der Waals surface area (Å²) < 4.78 is 5.08. The molecular formula is C6H10N2O2. The van der Waals surface area contributed by atoms with Crippen molar-refractivity contribution in [2.45, 2.75) is 18.6 Å². The minimum Gasteiger partial charge on any atom is -0.438 e. The molecule has 0 aromatic heterocycles. The molecule has 0 saturated carbocycles. The largest absolute Gasteiger partial charge is 0.438 e. The lowest BCUT2D eigenvalue weighted by Gasteiger charge is -2.39. The van der Waals surface area contributed by atoms with Crippen molar-refractivity contribution in [1.29, 1.82) is 0 Å². The fourth-order valence-electron chi connectivity index (χ4n) is 1.36. The molecule has 0 bridgehead atoms. The van der Waals surface area contributed by atoms with Crippen LogP contribution in [0.2, 0.25) is 0 Å². The van der Waals surface area contributed by atoms with Gasteiger partial charge in [-0.25, -0.2) is 4.79 Å². The van der Waals surface area contributed by atoms with Gasteiger partial charge >= 0.3 is 6.09 Å². The molecule has 2 saturated heterocycles. The molecule has 0 aromatic rings. The molecule has 10 heavy (non-hydrogen) atoms. The fraction of sp³-hybridized carbons (Fsp3) is 0.833. The molecule has 2 fully saturated rings. The SMILES string of the molecule is CC1NC(=O)OC12CNC2. The fourth-order valence-corrected chi connectivity index (χ4v) is 1.36. The number of hydrogen-bond donors (Lipinski definition) is 2. The van der Waals surface area contributed by atoms with E-state index in [1.54, 1.807) is 0 Å². The number of carbonyl (C=O) groups is 1. The average Bonchev–Trinajstić information content (AvgIpc) is 2.04. The van der Waals surface area contributed by atoms with Crippen LogP contribution in [0.3, 0.4) is 0 Å². The van der Waals surface area contributed by atoms with Crippen molar-refractivity contribution in [3.05, 3.63) is 0 Å². The van der Waals surface area contributed by atoms with Gasteiger partial charge in [0.05, 0.1) is 6.04 Å². The van der Waals surface area contributed by atoms with E-state index in [1.807, 2.05) is 6.92 Å². The molecule has 1 spiro atoms. The zero-order valence-electron chi connectivity index (χ0n) is 5.81. The Morgan fingerprint density at radius 2 is 2.40 bits per heavy atom. The highest BCUT2D eigenvalue weighted by Crippen LogP contribution is 2.25. The topological polar surface area (TPSA) is 50.4 Å². The van der Waals surface area contributed by atoms with Gasteiger partial charge in [-0.15, -0.1) is 0 Å². The molecule has 0 radical (unpaired) electrons. The summed E-state index contributed by atoms with van der Waals surface area (Å²) >= 11 is 0. The maximum atomic E-state index is 10.7. The first-order valence-electron chi connectivity index (χ1n) is 3.43. The van der Waals surface area contributed by atoms with Gasteiger partial charge in [-0.2, -0.15) is 0 Å². The molecule has 2 aliphatic heterocycles. The molecule has 2 heterocycles. The molecule has 0 aliphatic carbocycles. The van der Waals surface area contributed by atoms with E-state index in [1.165, 1.54) is 0 Å². The van der Waals surface area contributed by atoms with Gasteiger partial charge in [0.25, 0.3) is 0 Å². The van der Waals surface area contributed by atoms with Crippen LogP contribution in [0.4, 0.5) is 4.79 Å². The normalized spacial score (nSPS) is 34.9. The summed E-state index contributed by atoms with van der Waals surface area (Å²) in [6.45, 7) is 3.53. The van der Waals surface area contributed by atoms with Crippen molar-refractivity contribution in [3.63, 3.8) is 0 Å². The second kappa shape index (κ2) is 1.63. The van der Waals surface area contributed by atoms with Crippen LogP contribution in [-0.4, -0.2) is 30.8 Å². The Balaban J connectivity index is 2.15. The number of carbonyl (C=O) groups excluding carboxylic acids is 1. The maximum absolute atomic E-state index is 10.7. The van der Waals surface area contributed by atoms with E-state index < -0.39 is 0 Å². The third-order valence-electron chi connectivity index (χ3n) is 2.27. The first kappa shape index (κ1) is 5.97. The van der Waals surface area contributed by atoms with Crippen LogP contribution >= 0.6 is 0 Å². The van der Waals surface area contributed by atoms with E-state index in [2.05, 4.69) is 10.6 Å². The lowest BCUT2D eigenvalue weighted by atomic mass is 9.90. The zero-order valence-corrected chi connectivity index (χ0v) is 5.81. The summed E-state index contributed by atoms with van der Waals surface area (Å²) in [4.78, 5) is 10.7. The molecule has 2 aliphatic rings. The molecule has 1 atom stereocenters. The Morgan fingerprint density at radius 3 is 2.60 bits per heavy atom. The number of ether oxygens (including phenoxy) is 1. The molecule has 2 rings (SSSR count). The van der Waals surface area contributed by atoms with Crippen molar-refractivity contribution in [3.8, 4) is 0 Å². The minimum atomic E-state index is -0.283. The third kappa shape index (κ3) is 0.568. The standard InChI is InChI=1S/C6H10N2O2/c1-4-6(2-7-3-6)10-5(9)8-4/h4,7H,2-3H2,1H3,(H,8,9). The summed E-state index contributed by atoms with van der Waals surface area (Å²) in [6.07, 6.45) is -0.283. The van der Waals surface area contributed by atoms with Gasteiger partial charge in [-0.05, 0) is 6.92 Å². The number of hydrogen-bond acceptors (Lipinski definition) is 3. The third-order valence-corrected chi connectivity index (χ3v) is 2.27. The Labute approximate surface area is 58.9 Å². The second-order valence-corrected chi connectivity index (χ2v) is 2.92. The summed E-state index contributed by atoms with van der Waals surface area (Å²) in [5.74, 6) is 0. The lowest BCUT2D eigenvalue weighted by molar-refractivity contribution is -0.00411. The highest BCUT2D eigenvalue weighted by Gasteiger charge is 2.51. The van der Waals surface area contributed by atoms with Gasteiger partial charge in [-0.1, -0.05) is 0 Å². The van der Waals surface area contributed by atoms with Crippen LogP contribution in [0.1, 0.15) is 6.92 Å². The van der Waals surface area contributed by atoms with Crippen LogP contribution in [0, 0.1) is 0 Å². The summed E-state index contributed by atoms with van der Waals surface area (Å²) in [5, 5.41) is 5.79. The quantitative estimate of drug-likeness (QED) is 0.477. The van der Waals surface area contributed by atoms with Crippen LogP contribution < -0.4 is 10.6 Å². The average molecular weight is 142 g/mol. The molecule has 56 valence electrons. The van der Waals surface area contributed by atoms with Crippen molar-refractivity contribution in [2.24, 2.45) is 0 Å². The van der Waals surface area contributed by atoms with Crippen molar-refractivity contribution in [1.82, 2.24) is 10.6 Å². The number of rotatable bonds is 0. The van der Waals surface area contributed by atoms with Gasteiger partial charge in [0, 0.05) is 13.1 Å². The second-order valence-electron chi connectivity index (χ2n) is 2.92. The highest BCUT2D eigenvalue weighted by atomic mass is 16.6. The molecular weight excluding hydrogens is 132 g/mol. The zero-order chi connectivity index (χ0) is 7.19. The van der Waals surface area contributed by atoms with Gasteiger partial charge in [-0.3, -0.25) is 0 Å². The first-order chi connectivity index (χ1) is 4.73. The molecule has 1 unspecified atom stereocenters. The Hall–Kier alpha value is -0.770. The Morgan fingerprint density at radius 1 is 1.70 bits per heavy atom. The van der Waals surface area contributed by atoms with Crippen molar-refractivity contribution >= 4 is 6.09 Å². The van der Waals surface area contributed by atoms with E-state index in [0.29, 0.717) is 0 Å². The van der Waals surface area contributed by atoms with Crippen LogP contribution in [0.5, 0.6) is 0 Å². The van der Waals surface area contributed by atoms with Gasteiger partial charge < -0.3 is 15.4 Å². The summed E-state index contributed by atoms with van der Waals surface area (Å²) in [7, 11) is 0. The predicted molar refractivity (Wildman–Crippen MR) is 34.7 cm³/mol. The van der Waals surface area contributed by atoms with Crippen LogP contribution in [-0.2, 0) is 4.74 Å². The Kier molecular flexibility index (Phi) is 0.976. The van der Waals surface area contributed by atoms with Crippen molar-refractivity contribution in [2.75, 3.05) is 13.1 Å². The maximum Gasteiger partial charge on any atom is 0.408 e. The summed E-state index contributed by atoms with van der Waals surface area (Å²) in [6, 6.07) is 0.154. The molecule has 4 nitrogen and oxygen atoms in total. The first-order valence-corrected chi connectivity index (χ1v) is 3.43. The number of nitrogens with one attached hydrogen (secondary N) is 2. The number of alkyl carbamates (subject to hydrolysis) is 1. The molecule has 2 N–H and O–H groups in total. The number of amides is 1. The molecule has 4 heteroatoms. The molecule has 0 aromatic carbocycles. The van der Waals surface area contributed by atoms with E-state index >= 15 is 0 Å². The van der Waals surface area contributed by atoms with Crippen LogP contribution in [0.15, 0.2) is 0 Å². The van der Waals surface area contributed by atoms with Gasteiger partial charge in [0.1, 0.15) is 0 Å². The minimum absolute atomic E-state index is 0.154.